The second-order valence-electron chi connectivity index (χ2n) is 3.66. The van der Waals surface area contributed by atoms with Crippen LogP contribution in [0.15, 0.2) is 35.3 Å². The number of para-hydroxylation sites is 1. The van der Waals surface area contributed by atoms with Crippen LogP contribution in [0.5, 0.6) is 0 Å². The van der Waals surface area contributed by atoms with Crippen molar-refractivity contribution in [2.24, 2.45) is 5.73 Å². The van der Waals surface area contributed by atoms with Crippen LogP contribution in [-0.4, -0.2) is 9.78 Å². The molecule has 3 N–H and O–H groups in total. The van der Waals surface area contributed by atoms with Gasteiger partial charge < -0.3 is 5.73 Å². The summed E-state index contributed by atoms with van der Waals surface area (Å²) < 4.78 is 39.2. The molecule has 0 amide bonds. The molecule has 96 valence electrons. The van der Waals surface area contributed by atoms with E-state index in [0.29, 0.717) is 0 Å². The van der Waals surface area contributed by atoms with Gasteiger partial charge in [-0.05, 0) is 12.1 Å². The smallest absolute Gasteiger partial charge is 0.326 e. The third kappa shape index (κ3) is 2.04. The van der Waals surface area contributed by atoms with Crippen molar-refractivity contribution in [1.82, 2.24) is 9.78 Å². The topological polar surface area (TPSA) is 63.8 Å². The number of halogens is 3. The summed E-state index contributed by atoms with van der Waals surface area (Å²) in [5, 5.41) is 2.48. The maximum Gasteiger partial charge on any atom is 0.418 e. The Balaban J connectivity index is 2.65. The molecule has 2 rings (SSSR count). The van der Waals surface area contributed by atoms with E-state index in [1.165, 1.54) is 24.4 Å². The largest absolute Gasteiger partial charge is 0.418 e. The van der Waals surface area contributed by atoms with Crippen LogP contribution in [0.3, 0.4) is 0 Å². The summed E-state index contributed by atoms with van der Waals surface area (Å²) in [6, 6.07) is 4.84. The first-order valence-corrected chi connectivity index (χ1v) is 5.11. The Bertz CT molecular complexity index is 612. The molecule has 0 spiro atoms. The summed E-state index contributed by atoms with van der Waals surface area (Å²) in [5.41, 5.74) is 3.85. The molecule has 18 heavy (non-hydrogen) atoms. The van der Waals surface area contributed by atoms with E-state index >= 15 is 0 Å². The van der Waals surface area contributed by atoms with Crippen LogP contribution >= 0.6 is 0 Å². The van der Waals surface area contributed by atoms with Crippen LogP contribution in [-0.2, 0) is 12.7 Å². The Labute approximate surface area is 99.8 Å². The molecule has 0 saturated carbocycles. The lowest BCUT2D eigenvalue weighted by Gasteiger charge is -2.12. The van der Waals surface area contributed by atoms with E-state index in [1.807, 2.05) is 0 Å². The number of benzene rings is 1. The third-order valence-electron chi connectivity index (χ3n) is 2.52. The zero-order chi connectivity index (χ0) is 13.3. The number of alkyl halides is 3. The van der Waals surface area contributed by atoms with Crippen LogP contribution in [0.1, 0.15) is 11.1 Å². The SMILES string of the molecule is NCc1c[nH]n(-c2ccccc2C(F)(F)F)c1=O. The molecule has 0 unspecified atom stereocenters. The highest BCUT2D eigenvalue weighted by molar-refractivity contribution is 5.42. The van der Waals surface area contributed by atoms with Gasteiger partial charge in [-0.3, -0.25) is 9.89 Å². The zero-order valence-corrected chi connectivity index (χ0v) is 9.16. The second kappa shape index (κ2) is 4.34. The van der Waals surface area contributed by atoms with Gasteiger partial charge in [-0.15, -0.1) is 0 Å². The lowest BCUT2D eigenvalue weighted by molar-refractivity contribution is -0.137. The summed E-state index contributed by atoms with van der Waals surface area (Å²) in [7, 11) is 0. The molecule has 0 fully saturated rings. The average molecular weight is 257 g/mol. The van der Waals surface area contributed by atoms with Gasteiger partial charge >= 0.3 is 6.18 Å². The van der Waals surface area contributed by atoms with Gasteiger partial charge in [0.1, 0.15) is 0 Å². The van der Waals surface area contributed by atoms with Crippen molar-refractivity contribution in [1.29, 1.82) is 0 Å². The summed E-state index contributed by atoms with van der Waals surface area (Å²) in [4.78, 5) is 11.8. The molecule has 0 saturated heterocycles. The fourth-order valence-electron chi connectivity index (χ4n) is 1.64. The quantitative estimate of drug-likeness (QED) is 0.859. The van der Waals surface area contributed by atoms with Crippen molar-refractivity contribution in [3.63, 3.8) is 0 Å². The van der Waals surface area contributed by atoms with Crippen molar-refractivity contribution in [3.8, 4) is 5.69 Å². The zero-order valence-electron chi connectivity index (χ0n) is 9.16. The second-order valence-corrected chi connectivity index (χ2v) is 3.66. The number of hydrogen-bond donors (Lipinski definition) is 2. The van der Waals surface area contributed by atoms with E-state index in [0.717, 1.165) is 10.7 Å². The molecule has 1 aromatic carbocycles. The maximum absolute atomic E-state index is 12.8. The summed E-state index contributed by atoms with van der Waals surface area (Å²) in [6.45, 7) is -0.0312. The van der Waals surface area contributed by atoms with Gasteiger partial charge in [0.25, 0.3) is 5.56 Å². The Hall–Kier alpha value is -2.02. The van der Waals surface area contributed by atoms with Gasteiger partial charge in [-0.25, -0.2) is 4.68 Å². The van der Waals surface area contributed by atoms with E-state index < -0.39 is 17.3 Å². The van der Waals surface area contributed by atoms with Gasteiger partial charge in [0.05, 0.1) is 16.8 Å². The predicted molar refractivity (Wildman–Crippen MR) is 59.3 cm³/mol. The van der Waals surface area contributed by atoms with Gasteiger partial charge in [-0.1, -0.05) is 12.1 Å². The molecule has 0 aliphatic carbocycles. The lowest BCUT2D eigenvalue weighted by Crippen LogP contribution is -2.22. The van der Waals surface area contributed by atoms with Gasteiger partial charge in [-0.2, -0.15) is 13.2 Å². The van der Waals surface area contributed by atoms with Crippen molar-refractivity contribution in [3.05, 3.63) is 51.9 Å². The number of aromatic nitrogens is 2. The van der Waals surface area contributed by atoms with E-state index in [1.54, 1.807) is 0 Å². The van der Waals surface area contributed by atoms with Crippen LogP contribution in [0, 0.1) is 0 Å². The monoisotopic (exact) mass is 257 g/mol. The first kappa shape index (κ1) is 12.4. The predicted octanol–water partition coefficient (Wildman–Crippen LogP) is 1.64. The number of hydrogen-bond acceptors (Lipinski definition) is 2. The molecule has 7 heteroatoms. The highest BCUT2D eigenvalue weighted by Crippen LogP contribution is 2.32. The number of nitrogens with two attached hydrogens (primary N) is 1. The highest BCUT2D eigenvalue weighted by Gasteiger charge is 2.34. The first-order valence-electron chi connectivity index (χ1n) is 5.11. The molecule has 1 heterocycles. The molecule has 2 aromatic rings. The molecule has 0 aliphatic heterocycles. The minimum atomic E-state index is -4.52. The number of rotatable bonds is 2. The normalized spacial score (nSPS) is 11.8. The first-order chi connectivity index (χ1) is 8.45. The fraction of sp³-hybridized carbons (Fsp3) is 0.182. The van der Waals surface area contributed by atoms with Crippen LogP contribution in [0.25, 0.3) is 5.69 Å². The molecule has 0 aliphatic rings. The molecule has 4 nitrogen and oxygen atoms in total. The molecule has 0 bridgehead atoms. The highest BCUT2D eigenvalue weighted by atomic mass is 19.4. The van der Waals surface area contributed by atoms with Crippen LogP contribution in [0.4, 0.5) is 13.2 Å². The Morgan fingerprint density at radius 3 is 2.50 bits per heavy atom. The van der Waals surface area contributed by atoms with Crippen molar-refractivity contribution >= 4 is 0 Å². The van der Waals surface area contributed by atoms with Gasteiger partial charge in [0, 0.05) is 12.7 Å². The Morgan fingerprint density at radius 2 is 1.94 bits per heavy atom. The molecule has 0 radical (unpaired) electrons. The summed E-state index contributed by atoms with van der Waals surface area (Å²) in [5.74, 6) is 0. The van der Waals surface area contributed by atoms with Crippen LogP contribution < -0.4 is 11.3 Å². The van der Waals surface area contributed by atoms with E-state index in [9.17, 15) is 18.0 Å². The van der Waals surface area contributed by atoms with E-state index in [-0.39, 0.29) is 17.8 Å². The molecular formula is C11H10F3N3O. The fourth-order valence-corrected chi connectivity index (χ4v) is 1.64. The summed E-state index contributed by atoms with van der Waals surface area (Å²) in [6.07, 6.45) is -3.22. The van der Waals surface area contributed by atoms with E-state index in [2.05, 4.69) is 5.10 Å². The maximum atomic E-state index is 12.8. The molecule has 1 aromatic heterocycles. The van der Waals surface area contributed by atoms with E-state index in [4.69, 9.17) is 5.73 Å². The van der Waals surface area contributed by atoms with Crippen molar-refractivity contribution in [2.75, 3.05) is 0 Å². The summed E-state index contributed by atoms with van der Waals surface area (Å²) >= 11 is 0. The minimum Gasteiger partial charge on any atom is -0.326 e. The van der Waals surface area contributed by atoms with Crippen LogP contribution in [0.2, 0.25) is 0 Å². The number of aromatic amines is 1. The molecule has 0 atom stereocenters. The Morgan fingerprint density at radius 1 is 1.28 bits per heavy atom. The lowest BCUT2D eigenvalue weighted by atomic mass is 10.1. The van der Waals surface area contributed by atoms with Crippen molar-refractivity contribution in [2.45, 2.75) is 12.7 Å². The van der Waals surface area contributed by atoms with Gasteiger partial charge in [0.2, 0.25) is 0 Å². The molecular weight excluding hydrogens is 247 g/mol. The standard InChI is InChI=1S/C11H10F3N3O/c12-11(13,14)8-3-1-2-4-9(8)17-10(18)7(5-15)6-16-17/h1-4,6,16H,5,15H2. The number of nitrogens with one attached hydrogen (secondary N) is 1. The Kier molecular flexibility index (Phi) is 3.00. The number of H-pyrrole nitrogens is 1. The third-order valence-corrected chi connectivity index (χ3v) is 2.52. The average Bonchev–Trinajstić information content (AvgIpc) is 2.69. The number of nitrogens with zero attached hydrogens (tertiary/aromatic N) is 1. The van der Waals surface area contributed by atoms with Gasteiger partial charge in [0.15, 0.2) is 0 Å². The minimum absolute atomic E-state index is 0.0312. The van der Waals surface area contributed by atoms with Crippen molar-refractivity contribution < 1.29 is 13.2 Å².